The summed E-state index contributed by atoms with van der Waals surface area (Å²) in [6, 6.07) is 4.01. The number of sulfone groups is 1. The van der Waals surface area contributed by atoms with Crippen molar-refractivity contribution >= 4 is 20.9 Å². The molecule has 9 heteroatoms. The summed E-state index contributed by atoms with van der Waals surface area (Å²) < 4.78 is 45.3. The summed E-state index contributed by atoms with van der Waals surface area (Å²) in [7, 11) is -3.57. The van der Waals surface area contributed by atoms with Crippen molar-refractivity contribution in [2.24, 2.45) is 0 Å². The van der Waals surface area contributed by atoms with Crippen LogP contribution in [-0.4, -0.2) is 59.3 Å². The van der Waals surface area contributed by atoms with Crippen LogP contribution in [-0.2, 0) is 14.6 Å². The van der Waals surface area contributed by atoms with Crippen molar-refractivity contribution in [3.8, 4) is 0 Å². The van der Waals surface area contributed by atoms with Crippen molar-refractivity contribution < 1.29 is 22.7 Å². The summed E-state index contributed by atoms with van der Waals surface area (Å²) in [5.74, 6) is -0.454. The number of fused-ring (bicyclic) bond motifs is 1. The van der Waals surface area contributed by atoms with E-state index in [1.165, 1.54) is 12.1 Å². The van der Waals surface area contributed by atoms with Crippen LogP contribution in [0.2, 0.25) is 0 Å². The number of rotatable bonds is 4. The largest absolute Gasteiger partial charge is 0.356 e. The number of ether oxygens (including phenoxy) is 1. The van der Waals surface area contributed by atoms with E-state index in [-0.39, 0.29) is 11.2 Å². The van der Waals surface area contributed by atoms with E-state index in [2.05, 4.69) is 4.98 Å². The number of likely N-dealkylation sites (tertiary alicyclic amines) is 1. The zero-order valence-corrected chi connectivity index (χ0v) is 16.8. The predicted octanol–water partition coefficient (Wildman–Crippen LogP) is 2.31. The Balaban J connectivity index is 1.87. The average molecular weight is 399 g/mol. The molecule has 150 valence electrons. The SMILES string of the molecule is CC(C)(C)OC(O)N1CCC(n2c(S(C)(=O)=O)nc3cc(F)ccc32)CC1. The highest BCUT2D eigenvalue weighted by Gasteiger charge is 2.31. The molecule has 7 nitrogen and oxygen atoms in total. The van der Waals surface area contributed by atoms with Gasteiger partial charge in [0.25, 0.3) is 0 Å². The number of hydrogen-bond acceptors (Lipinski definition) is 6. The normalized spacial score (nSPS) is 18.9. The average Bonchev–Trinajstić information content (AvgIpc) is 2.92. The van der Waals surface area contributed by atoms with Crippen molar-refractivity contribution in [1.29, 1.82) is 0 Å². The van der Waals surface area contributed by atoms with Gasteiger partial charge >= 0.3 is 0 Å². The van der Waals surface area contributed by atoms with Crippen LogP contribution in [0.25, 0.3) is 11.0 Å². The lowest BCUT2D eigenvalue weighted by atomic mass is 10.0. The fourth-order valence-electron chi connectivity index (χ4n) is 3.42. The van der Waals surface area contributed by atoms with E-state index in [1.807, 2.05) is 25.7 Å². The summed E-state index contributed by atoms with van der Waals surface area (Å²) in [6.07, 6.45) is 1.34. The second kappa shape index (κ2) is 7.12. The van der Waals surface area contributed by atoms with Crippen LogP contribution in [0, 0.1) is 5.82 Å². The molecule has 0 bridgehead atoms. The van der Waals surface area contributed by atoms with Crippen LogP contribution >= 0.6 is 0 Å². The van der Waals surface area contributed by atoms with Gasteiger partial charge in [-0.05, 0) is 45.7 Å². The highest BCUT2D eigenvalue weighted by molar-refractivity contribution is 7.90. The maximum absolute atomic E-state index is 13.5. The number of imidazole rings is 1. The van der Waals surface area contributed by atoms with Crippen LogP contribution < -0.4 is 0 Å². The number of nitrogens with zero attached hydrogens (tertiary/aromatic N) is 3. The summed E-state index contributed by atoms with van der Waals surface area (Å²) in [5, 5.41) is 10.2. The molecule has 1 aromatic carbocycles. The van der Waals surface area contributed by atoms with Gasteiger partial charge in [0.15, 0.2) is 0 Å². The van der Waals surface area contributed by atoms with Gasteiger partial charge in [-0.1, -0.05) is 0 Å². The Morgan fingerprint density at radius 1 is 1.30 bits per heavy atom. The number of aliphatic hydroxyl groups is 1. The third-order valence-electron chi connectivity index (χ3n) is 4.59. The predicted molar refractivity (Wildman–Crippen MR) is 99.5 cm³/mol. The molecule has 1 unspecified atom stereocenters. The number of halogens is 1. The van der Waals surface area contributed by atoms with Crippen molar-refractivity contribution in [2.75, 3.05) is 19.3 Å². The first kappa shape index (κ1) is 20.2. The molecule has 27 heavy (non-hydrogen) atoms. The van der Waals surface area contributed by atoms with Gasteiger partial charge in [0.05, 0.1) is 16.6 Å². The molecule has 3 rings (SSSR count). The zero-order valence-electron chi connectivity index (χ0n) is 16.0. The van der Waals surface area contributed by atoms with Gasteiger partial charge in [0.1, 0.15) is 5.82 Å². The first-order valence-corrected chi connectivity index (χ1v) is 10.8. The molecule has 1 aromatic heterocycles. The minimum atomic E-state index is -3.57. The Kier molecular flexibility index (Phi) is 5.33. The molecule has 1 saturated heterocycles. The number of aliphatic hydroxyl groups excluding tert-OH is 1. The summed E-state index contributed by atoms with van der Waals surface area (Å²) in [5.41, 5.74) is 0.459. The minimum Gasteiger partial charge on any atom is -0.356 e. The van der Waals surface area contributed by atoms with Crippen LogP contribution in [0.4, 0.5) is 4.39 Å². The molecule has 1 fully saturated rings. The molecule has 0 aliphatic carbocycles. The molecule has 1 N–H and O–H groups in total. The lowest BCUT2D eigenvalue weighted by Gasteiger charge is -2.37. The van der Waals surface area contributed by atoms with Crippen LogP contribution in [0.3, 0.4) is 0 Å². The summed E-state index contributed by atoms with van der Waals surface area (Å²) in [4.78, 5) is 5.99. The van der Waals surface area contributed by atoms with E-state index >= 15 is 0 Å². The van der Waals surface area contributed by atoms with Crippen LogP contribution in [0.15, 0.2) is 23.4 Å². The Morgan fingerprint density at radius 2 is 1.93 bits per heavy atom. The molecule has 2 heterocycles. The highest BCUT2D eigenvalue weighted by Crippen LogP contribution is 2.31. The molecule has 1 aliphatic rings. The maximum atomic E-state index is 13.5. The van der Waals surface area contributed by atoms with E-state index in [0.29, 0.717) is 37.0 Å². The highest BCUT2D eigenvalue weighted by atomic mass is 32.2. The lowest BCUT2D eigenvalue weighted by molar-refractivity contribution is -0.243. The van der Waals surface area contributed by atoms with Crippen LogP contribution in [0.1, 0.15) is 39.7 Å². The Morgan fingerprint density at radius 3 is 2.48 bits per heavy atom. The molecular weight excluding hydrogens is 373 g/mol. The van der Waals surface area contributed by atoms with Crippen molar-refractivity contribution in [2.45, 2.75) is 56.8 Å². The van der Waals surface area contributed by atoms with Gasteiger partial charge in [-0.25, -0.2) is 17.8 Å². The third-order valence-corrected chi connectivity index (χ3v) is 5.54. The number of benzene rings is 1. The number of piperidine rings is 1. The number of hydrogen-bond donors (Lipinski definition) is 1. The van der Waals surface area contributed by atoms with E-state index < -0.39 is 27.7 Å². The van der Waals surface area contributed by atoms with E-state index in [0.717, 1.165) is 6.26 Å². The standard InChI is InChI=1S/C18H26FN3O4S/c1-18(2,3)26-17(23)21-9-7-13(8-10-21)22-15-6-5-12(19)11-14(15)20-16(22)27(4,24)25/h5-6,11,13,17,23H,7-10H2,1-4H3. The summed E-state index contributed by atoms with van der Waals surface area (Å²) in [6.45, 7) is 6.71. The quantitative estimate of drug-likeness (QED) is 0.795. The van der Waals surface area contributed by atoms with E-state index in [9.17, 15) is 17.9 Å². The van der Waals surface area contributed by atoms with Gasteiger partial charge in [-0.3, -0.25) is 4.90 Å². The summed E-state index contributed by atoms with van der Waals surface area (Å²) >= 11 is 0. The first-order valence-electron chi connectivity index (χ1n) is 8.93. The fourth-order valence-corrected chi connectivity index (χ4v) is 4.29. The van der Waals surface area contributed by atoms with Crippen molar-refractivity contribution in [1.82, 2.24) is 14.5 Å². The van der Waals surface area contributed by atoms with E-state index in [4.69, 9.17) is 4.74 Å². The topological polar surface area (TPSA) is 84.7 Å². The van der Waals surface area contributed by atoms with Crippen LogP contribution in [0.5, 0.6) is 0 Å². The first-order chi connectivity index (χ1) is 12.5. The Labute approximate surface area is 158 Å². The van der Waals surface area contributed by atoms with Gasteiger partial charge in [0, 0.05) is 31.5 Å². The van der Waals surface area contributed by atoms with Gasteiger partial charge in [-0.15, -0.1) is 0 Å². The molecule has 1 aliphatic heterocycles. The maximum Gasteiger partial charge on any atom is 0.228 e. The minimum absolute atomic E-state index is 0.0481. The molecule has 1 atom stereocenters. The molecule has 0 radical (unpaired) electrons. The Hall–Kier alpha value is -1.55. The van der Waals surface area contributed by atoms with Crippen molar-refractivity contribution in [3.05, 3.63) is 24.0 Å². The number of aromatic nitrogens is 2. The van der Waals surface area contributed by atoms with Gasteiger partial charge < -0.3 is 14.4 Å². The molecule has 0 amide bonds. The zero-order chi connectivity index (χ0) is 20.0. The second-order valence-electron chi connectivity index (χ2n) is 7.99. The lowest BCUT2D eigenvalue weighted by Crippen LogP contribution is -2.46. The second-order valence-corrected chi connectivity index (χ2v) is 9.90. The third kappa shape index (κ3) is 4.48. The molecule has 2 aromatic rings. The van der Waals surface area contributed by atoms with E-state index in [1.54, 1.807) is 10.6 Å². The fraction of sp³-hybridized carbons (Fsp3) is 0.611. The molecule has 0 spiro atoms. The molecule has 0 saturated carbocycles. The van der Waals surface area contributed by atoms with Crippen molar-refractivity contribution in [3.63, 3.8) is 0 Å². The Bertz CT molecular complexity index is 928. The van der Waals surface area contributed by atoms with Gasteiger partial charge in [0.2, 0.25) is 21.4 Å². The molecular formula is C18H26FN3O4S. The smallest absolute Gasteiger partial charge is 0.228 e. The van der Waals surface area contributed by atoms with Gasteiger partial charge in [-0.2, -0.15) is 0 Å². The monoisotopic (exact) mass is 399 g/mol.